The second-order valence-corrected chi connectivity index (χ2v) is 8.01. The highest BCUT2D eigenvalue weighted by Crippen LogP contribution is 2.30. The minimum Gasteiger partial charge on any atom is -0.463 e. The van der Waals surface area contributed by atoms with Crippen LogP contribution in [0.4, 0.5) is 0 Å². The van der Waals surface area contributed by atoms with E-state index in [-0.39, 0.29) is 17.6 Å². The van der Waals surface area contributed by atoms with Crippen molar-refractivity contribution in [3.63, 3.8) is 0 Å². The molecule has 1 aliphatic rings. The first-order valence-electron chi connectivity index (χ1n) is 10.0. The molecule has 0 saturated carbocycles. The van der Waals surface area contributed by atoms with Crippen LogP contribution < -0.4 is 0 Å². The maximum absolute atomic E-state index is 12.6. The Kier molecular flexibility index (Phi) is 10.3. The van der Waals surface area contributed by atoms with E-state index in [9.17, 15) is 24.0 Å². The van der Waals surface area contributed by atoms with Crippen LogP contribution in [0.5, 0.6) is 0 Å². The van der Waals surface area contributed by atoms with Gasteiger partial charge in [-0.3, -0.25) is 19.2 Å². The largest absolute Gasteiger partial charge is 0.463 e. The maximum Gasteiger partial charge on any atom is 0.364 e. The summed E-state index contributed by atoms with van der Waals surface area (Å²) in [5, 5.41) is 0. The van der Waals surface area contributed by atoms with Gasteiger partial charge in [-0.1, -0.05) is 0 Å². The zero-order valence-corrected chi connectivity index (χ0v) is 19.5. The van der Waals surface area contributed by atoms with E-state index in [0.29, 0.717) is 0 Å². The fourth-order valence-electron chi connectivity index (χ4n) is 3.10. The number of esters is 5. The SMILES string of the molecule is C#CC[N+](C)(C)CC(=O)O[C@H]1O[C@H](COC(C)=O)[C@@H](OC(C)=O)[C@H](OC(C)=O)[C@H]1OC(C)=O. The van der Waals surface area contributed by atoms with Crippen molar-refractivity contribution in [2.45, 2.75) is 58.4 Å². The minimum atomic E-state index is -1.57. The van der Waals surface area contributed by atoms with E-state index in [1.54, 1.807) is 14.1 Å². The monoisotopic (exact) mass is 472 g/mol. The summed E-state index contributed by atoms with van der Waals surface area (Å²) in [7, 11) is 3.41. The molecule has 1 saturated heterocycles. The van der Waals surface area contributed by atoms with Crippen LogP contribution in [0.1, 0.15) is 27.7 Å². The van der Waals surface area contributed by atoms with Crippen molar-refractivity contribution >= 4 is 29.8 Å². The van der Waals surface area contributed by atoms with Gasteiger partial charge in [-0.15, -0.1) is 6.42 Å². The number of nitrogens with zero attached hydrogens (tertiary/aromatic N) is 1. The molecule has 0 aromatic rings. The Morgan fingerprint density at radius 3 is 1.82 bits per heavy atom. The molecule has 0 aromatic carbocycles. The van der Waals surface area contributed by atoms with Gasteiger partial charge in [0.2, 0.25) is 12.4 Å². The standard InChI is InChI=1S/C21H30NO11/c1-8-9-22(6,7)10-17(27)33-21-20(31-15(5)26)19(30-14(4)25)18(29-13(3)24)16(32-21)11-28-12(2)23/h1,16,18-21H,9-11H2,2-7H3/q+1/t16-,18-,19+,20-,21-/m1/s1. The van der Waals surface area contributed by atoms with Crippen molar-refractivity contribution in [3.05, 3.63) is 0 Å². The van der Waals surface area contributed by atoms with Crippen molar-refractivity contribution in [1.29, 1.82) is 0 Å². The Balaban J connectivity index is 3.32. The highest BCUT2D eigenvalue weighted by atomic mass is 16.7. The Hall–Kier alpha value is -3.17. The molecule has 0 radical (unpaired) electrons. The van der Waals surface area contributed by atoms with E-state index in [1.807, 2.05) is 0 Å². The summed E-state index contributed by atoms with van der Waals surface area (Å²) < 4.78 is 31.9. The van der Waals surface area contributed by atoms with Crippen LogP contribution in [0.15, 0.2) is 0 Å². The lowest BCUT2D eigenvalue weighted by molar-refractivity contribution is -0.875. The predicted octanol–water partition coefficient (Wildman–Crippen LogP) is -0.678. The fraction of sp³-hybridized carbons (Fsp3) is 0.667. The second kappa shape index (κ2) is 12.2. The van der Waals surface area contributed by atoms with Crippen molar-refractivity contribution in [1.82, 2.24) is 0 Å². The Labute approximate surface area is 191 Å². The third-order valence-corrected chi connectivity index (χ3v) is 4.27. The van der Waals surface area contributed by atoms with Crippen LogP contribution in [0.3, 0.4) is 0 Å². The van der Waals surface area contributed by atoms with Crippen LogP contribution in [0.25, 0.3) is 0 Å². The number of ether oxygens (including phenoxy) is 6. The number of quaternary nitrogens is 1. The second-order valence-electron chi connectivity index (χ2n) is 8.01. The summed E-state index contributed by atoms with van der Waals surface area (Å²) in [6.45, 7) is 4.08. The summed E-state index contributed by atoms with van der Waals surface area (Å²) >= 11 is 0. The molecular formula is C21H30NO11+. The molecule has 5 atom stereocenters. The van der Waals surface area contributed by atoms with E-state index in [1.165, 1.54) is 0 Å². The van der Waals surface area contributed by atoms with Gasteiger partial charge in [0.1, 0.15) is 19.3 Å². The van der Waals surface area contributed by atoms with E-state index in [0.717, 1.165) is 27.7 Å². The summed E-state index contributed by atoms with van der Waals surface area (Å²) in [6, 6.07) is 0. The smallest absolute Gasteiger partial charge is 0.364 e. The van der Waals surface area contributed by atoms with Crippen LogP contribution in [0.2, 0.25) is 0 Å². The Bertz CT molecular complexity index is 801. The maximum atomic E-state index is 12.6. The molecule has 1 heterocycles. The molecule has 184 valence electrons. The molecule has 0 N–H and O–H groups in total. The van der Waals surface area contributed by atoms with Crippen molar-refractivity contribution in [2.24, 2.45) is 0 Å². The number of carbonyl (C=O) groups is 5. The quantitative estimate of drug-likeness (QED) is 0.182. The first-order chi connectivity index (χ1) is 15.3. The topological polar surface area (TPSA) is 141 Å². The van der Waals surface area contributed by atoms with Gasteiger partial charge in [0, 0.05) is 27.7 Å². The molecule has 1 aliphatic heterocycles. The number of hydrogen-bond donors (Lipinski definition) is 0. The van der Waals surface area contributed by atoms with E-state index in [2.05, 4.69) is 5.92 Å². The molecule has 0 bridgehead atoms. The zero-order chi connectivity index (χ0) is 25.3. The van der Waals surface area contributed by atoms with Crippen LogP contribution in [0, 0.1) is 12.3 Å². The Morgan fingerprint density at radius 2 is 1.33 bits per heavy atom. The Morgan fingerprint density at radius 1 is 0.818 bits per heavy atom. The number of carbonyl (C=O) groups excluding carboxylic acids is 5. The van der Waals surface area contributed by atoms with E-state index in [4.69, 9.17) is 34.8 Å². The molecule has 0 aromatic heterocycles. The number of rotatable bonds is 9. The fourth-order valence-corrected chi connectivity index (χ4v) is 3.10. The number of hydrogen-bond acceptors (Lipinski definition) is 11. The van der Waals surface area contributed by atoms with Crippen LogP contribution >= 0.6 is 0 Å². The van der Waals surface area contributed by atoms with Gasteiger partial charge in [0.15, 0.2) is 18.8 Å². The average molecular weight is 472 g/mol. The van der Waals surface area contributed by atoms with E-state index >= 15 is 0 Å². The lowest BCUT2D eigenvalue weighted by Crippen LogP contribution is -2.63. The lowest BCUT2D eigenvalue weighted by atomic mass is 9.98. The molecular weight excluding hydrogens is 442 g/mol. The molecule has 0 aliphatic carbocycles. The van der Waals surface area contributed by atoms with E-state index < -0.39 is 67.2 Å². The molecule has 12 nitrogen and oxygen atoms in total. The average Bonchev–Trinajstić information content (AvgIpc) is 2.63. The van der Waals surface area contributed by atoms with Gasteiger partial charge in [0.25, 0.3) is 0 Å². The van der Waals surface area contributed by atoms with Gasteiger partial charge in [-0.25, -0.2) is 4.79 Å². The molecule has 1 rings (SSSR count). The summed E-state index contributed by atoms with van der Waals surface area (Å²) in [5.41, 5.74) is 0. The molecule has 1 fully saturated rings. The minimum absolute atomic E-state index is 0.0978. The molecule has 33 heavy (non-hydrogen) atoms. The van der Waals surface area contributed by atoms with Gasteiger partial charge in [-0.05, 0) is 5.92 Å². The zero-order valence-electron chi connectivity index (χ0n) is 19.5. The summed E-state index contributed by atoms with van der Waals surface area (Å²) in [5.74, 6) is -1.32. The first-order valence-corrected chi connectivity index (χ1v) is 10.0. The number of terminal acetylenes is 1. The first kappa shape index (κ1) is 27.9. The van der Waals surface area contributed by atoms with Crippen LogP contribution in [-0.4, -0.2) is 98.8 Å². The van der Waals surface area contributed by atoms with Gasteiger partial charge in [0.05, 0.1) is 14.1 Å². The molecule has 0 amide bonds. The normalized spacial score (nSPS) is 24.6. The lowest BCUT2D eigenvalue weighted by Gasteiger charge is -2.43. The highest BCUT2D eigenvalue weighted by molar-refractivity contribution is 5.71. The van der Waals surface area contributed by atoms with Crippen molar-refractivity contribution in [3.8, 4) is 12.3 Å². The van der Waals surface area contributed by atoms with Gasteiger partial charge in [-0.2, -0.15) is 0 Å². The van der Waals surface area contributed by atoms with Crippen molar-refractivity contribution < 1.29 is 56.9 Å². The molecule has 12 heteroatoms. The van der Waals surface area contributed by atoms with Crippen LogP contribution in [-0.2, 0) is 52.4 Å². The third kappa shape index (κ3) is 9.46. The summed E-state index contributed by atoms with van der Waals surface area (Å²) in [4.78, 5) is 59.1. The van der Waals surface area contributed by atoms with Gasteiger partial charge < -0.3 is 32.9 Å². The molecule has 0 spiro atoms. The summed E-state index contributed by atoms with van der Waals surface area (Å²) in [6.07, 6.45) is -1.69. The predicted molar refractivity (Wildman–Crippen MR) is 109 cm³/mol. The molecule has 0 unspecified atom stereocenters. The van der Waals surface area contributed by atoms with Crippen molar-refractivity contribution in [2.75, 3.05) is 33.8 Å². The highest BCUT2D eigenvalue weighted by Gasteiger charge is 2.54. The number of likely N-dealkylation sites (N-methyl/N-ethyl adjacent to an activating group) is 1. The third-order valence-electron chi connectivity index (χ3n) is 4.27. The van der Waals surface area contributed by atoms with Gasteiger partial charge >= 0.3 is 29.8 Å².